The highest BCUT2D eigenvalue weighted by molar-refractivity contribution is 5.99. The summed E-state index contributed by atoms with van der Waals surface area (Å²) in [6, 6.07) is 9.71. The zero-order chi connectivity index (χ0) is 23.5. The molecule has 0 fully saturated rings. The van der Waals surface area contributed by atoms with Gasteiger partial charge in [-0.25, -0.2) is 9.78 Å². The summed E-state index contributed by atoms with van der Waals surface area (Å²) in [6.45, 7) is 3.96. The molecule has 33 heavy (non-hydrogen) atoms. The Bertz CT molecular complexity index is 1390. The van der Waals surface area contributed by atoms with E-state index in [-0.39, 0.29) is 24.8 Å². The van der Waals surface area contributed by atoms with Crippen LogP contribution >= 0.6 is 0 Å². The van der Waals surface area contributed by atoms with Crippen molar-refractivity contribution in [2.45, 2.75) is 45.2 Å². The highest BCUT2D eigenvalue weighted by Gasteiger charge is 2.45. The Morgan fingerprint density at radius 1 is 1.33 bits per heavy atom. The number of benzene rings is 1. The lowest BCUT2D eigenvalue weighted by Gasteiger charge is -2.31. The van der Waals surface area contributed by atoms with Gasteiger partial charge in [0.25, 0.3) is 5.56 Å². The molecule has 0 saturated carbocycles. The molecule has 1 unspecified atom stereocenters. The lowest BCUT2D eigenvalue weighted by atomic mass is 9.86. The number of para-hydroxylation sites is 1. The molecular weight excluding hydrogens is 420 g/mol. The molecule has 2 aliphatic rings. The molecular formula is C25H26N4O4. The molecule has 1 N–H and O–H groups in total. The first-order valence-electron chi connectivity index (χ1n) is 11.0. The second-order valence-corrected chi connectivity index (χ2v) is 8.89. The Hall–Kier alpha value is -3.36. The van der Waals surface area contributed by atoms with E-state index in [9.17, 15) is 14.7 Å². The molecule has 0 aliphatic carbocycles. The summed E-state index contributed by atoms with van der Waals surface area (Å²) in [6.07, 6.45) is 1.96. The molecule has 0 bridgehead atoms. The predicted molar refractivity (Wildman–Crippen MR) is 125 cm³/mol. The summed E-state index contributed by atoms with van der Waals surface area (Å²) in [5.74, 6) is -0.722. The maximum absolute atomic E-state index is 13.3. The van der Waals surface area contributed by atoms with Gasteiger partial charge in [0.15, 0.2) is 5.60 Å². The van der Waals surface area contributed by atoms with Gasteiger partial charge in [0.05, 0.1) is 35.2 Å². The highest BCUT2D eigenvalue weighted by Crippen LogP contribution is 2.38. The smallest absolute Gasteiger partial charge is 0.343 e. The van der Waals surface area contributed by atoms with Crippen molar-refractivity contribution >= 4 is 23.1 Å². The average Bonchev–Trinajstić information content (AvgIpc) is 3.16. The van der Waals surface area contributed by atoms with Crippen LogP contribution in [0.2, 0.25) is 0 Å². The average molecular weight is 447 g/mol. The van der Waals surface area contributed by atoms with E-state index in [1.54, 1.807) is 17.6 Å². The van der Waals surface area contributed by atoms with E-state index in [1.807, 2.05) is 56.4 Å². The maximum atomic E-state index is 13.3. The SMILES string of the molecule is CC[C@@]1(O)C(=O)OCc2c1cc1n(c2=O)Cc2cc3cccc(/C=N/C(C)N(C)C)c3nc2-1. The van der Waals surface area contributed by atoms with Crippen molar-refractivity contribution in [3.05, 3.63) is 62.9 Å². The molecule has 2 aromatic heterocycles. The zero-order valence-electron chi connectivity index (χ0n) is 19.1. The van der Waals surface area contributed by atoms with Crippen LogP contribution in [0.1, 0.15) is 42.5 Å². The van der Waals surface area contributed by atoms with Crippen molar-refractivity contribution in [3.8, 4) is 11.4 Å². The van der Waals surface area contributed by atoms with Gasteiger partial charge in [0.1, 0.15) is 6.61 Å². The number of rotatable bonds is 4. The van der Waals surface area contributed by atoms with Gasteiger partial charge in [0, 0.05) is 28.3 Å². The van der Waals surface area contributed by atoms with Gasteiger partial charge >= 0.3 is 5.97 Å². The largest absolute Gasteiger partial charge is 0.458 e. The van der Waals surface area contributed by atoms with Crippen molar-refractivity contribution in [3.63, 3.8) is 0 Å². The fraction of sp³-hybridized carbons (Fsp3) is 0.360. The van der Waals surface area contributed by atoms with E-state index in [0.717, 1.165) is 22.0 Å². The van der Waals surface area contributed by atoms with Crippen LogP contribution < -0.4 is 5.56 Å². The number of carbonyl (C=O) groups is 1. The number of cyclic esters (lactones) is 1. The Balaban J connectivity index is 1.70. The lowest BCUT2D eigenvalue weighted by molar-refractivity contribution is -0.172. The fourth-order valence-electron chi connectivity index (χ4n) is 4.46. The third-order valence-electron chi connectivity index (χ3n) is 6.75. The number of nitrogens with zero attached hydrogens (tertiary/aromatic N) is 4. The molecule has 2 aliphatic heterocycles. The molecule has 8 nitrogen and oxygen atoms in total. The number of ether oxygens (including phenoxy) is 1. The van der Waals surface area contributed by atoms with Crippen molar-refractivity contribution in [1.29, 1.82) is 0 Å². The summed E-state index contributed by atoms with van der Waals surface area (Å²) >= 11 is 0. The molecule has 4 heterocycles. The van der Waals surface area contributed by atoms with E-state index in [4.69, 9.17) is 9.72 Å². The van der Waals surface area contributed by atoms with Gasteiger partial charge in [-0.15, -0.1) is 0 Å². The summed E-state index contributed by atoms with van der Waals surface area (Å²) in [5.41, 5.74) is 2.43. The first-order chi connectivity index (χ1) is 15.7. The number of fused-ring (bicyclic) bond motifs is 5. The van der Waals surface area contributed by atoms with Gasteiger partial charge < -0.3 is 14.4 Å². The van der Waals surface area contributed by atoms with E-state index < -0.39 is 11.6 Å². The summed E-state index contributed by atoms with van der Waals surface area (Å²) in [4.78, 5) is 37.2. The molecule has 0 radical (unpaired) electrons. The molecule has 8 heteroatoms. The summed E-state index contributed by atoms with van der Waals surface area (Å²) in [5, 5.41) is 12.0. The van der Waals surface area contributed by atoms with E-state index in [1.165, 1.54) is 0 Å². The molecule has 2 atom stereocenters. The van der Waals surface area contributed by atoms with Crippen molar-refractivity contribution in [1.82, 2.24) is 14.5 Å². The molecule has 0 saturated heterocycles. The highest BCUT2D eigenvalue weighted by atomic mass is 16.6. The van der Waals surface area contributed by atoms with Crippen LogP contribution in [-0.4, -0.2) is 52.0 Å². The van der Waals surface area contributed by atoms with Crippen LogP contribution in [0.15, 0.2) is 40.1 Å². The van der Waals surface area contributed by atoms with Crippen molar-refractivity contribution < 1.29 is 14.6 Å². The van der Waals surface area contributed by atoms with Crippen LogP contribution in [0.25, 0.3) is 22.3 Å². The molecule has 0 amide bonds. The molecule has 5 rings (SSSR count). The Labute approximate surface area is 191 Å². The molecule has 0 spiro atoms. The minimum absolute atomic E-state index is 0.0204. The third-order valence-corrected chi connectivity index (χ3v) is 6.75. The number of carbonyl (C=O) groups excluding carboxylic acids is 1. The van der Waals surface area contributed by atoms with Gasteiger partial charge in [0.2, 0.25) is 0 Å². The minimum Gasteiger partial charge on any atom is -0.458 e. The summed E-state index contributed by atoms with van der Waals surface area (Å²) < 4.78 is 6.78. The molecule has 170 valence electrons. The molecule has 1 aromatic carbocycles. The number of aliphatic imine (C=N–C) groups is 1. The third kappa shape index (κ3) is 3.20. The van der Waals surface area contributed by atoms with Crippen LogP contribution in [0.4, 0.5) is 0 Å². The van der Waals surface area contributed by atoms with Crippen molar-refractivity contribution in [2.75, 3.05) is 14.1 Å². The topological polar surface area (TPSA) is 97.0 Å². The van der Waals surface area contributed by atoms with Gasteiger partial charge in [-0.3, -0.25) is 14.7 Å². The number of aromatic nitrogens is 2. The number of hydrogen-bond acceptors (Lipinski definition) is 7. The number of pyridine rings is 2. The fourth-order valence-corrected chi connectivity index (χ4v) is 4.46. The Kier molecular flexibility index (Phi) is 4.95. The van der Waals surface area contributed by atoms with Gasteiger partial charge in [-0.1, -0.05) is 25.1 Å². The van der Waals surface area contributed by atoms with Crippen LogP contribution in [-0.2, 0) is 28.3 Å². The predicted octanol–water partition coefficient (Wildman–Crippen LogP) is 2.41. The van der Waals surface area contributed by atoms with E-state index >= 15 is 0 Å². The standard InChI is InChI=1S/C25H26N4O4/c1-5-25(32)19-10-20-22-17(12-29(20)23(30)18(19)13-33-24(25)31)9-15-7-6-8-16(21(15)27-22)11-26-14(2)28(3)4/h6-11,14,32H,5,12-13H2,1-4H3/b26-11+/t14?,25-/m0/s1. The van der Waals surface area contributed by atoms with Crippen LogP contribution in [0, 0.1) is 0 Å². The molecule has 3 aromatic rings. The second kappa shape index (κ2) is 7.60. The van der Waals surface area contributed by atoms with E-state index in [2.05, 4.69) is 4.99 Å². The summed E-state index contributed by atoms with van der Waals surface area (Å²) in [7, 11) is 3.94. The monoisotopic (exact) mass is 446 g/mol. The lowest BCUT2D eigenvalue weighted by Crippen LogP contribution is -2.44. The quantitative estimate of drug-likeness (QED) is 0.382. The number of esters is 1. The first kappa shape index (κ1) is 21.5. The van der Waals surface area contributed by atoms with Crippen LogP contribution in [0.3, 0.4) is 0 Å². The second-order valence-electron chi connectivity index (χ2n) is 8.89. The van der Waals surface area contributed by atoms with Gasteiger partial charge in [-0.05, 0) is 39.6 Å². The minimum atomic E-state index is -1.83. The van der Waals surface area contributed by atoms with Crippen LogP contribution in [0.5, 0.6) is 0 Å². The Morgan fingerprint density at radius 2 is 2.12 bits per heavy atom. The maximum Gasteiger partial charge on any atom is 0.343 e. The van der Waals surface area contributed by atoms with Gasteiger partial charge in [-0.2, -0.15) is 0 Å². The van der Waals surface area contributed by atoms with Crippen molar-refractivity contribution in [2.24, 2.45) is 4.99 Å². The number of aliphatic hydroxyl groups is 1. The number of hydrogen-bond donors (Lipinski definition) is 1. The zero-order valence-corrected chi connectivity index (χ0v) is 19.1. The Morgan fingerprint density at radius 3 is 2.85 bits per heavy atom. The van der Waals surface area contributed by atoms with E-state index in [0.29, 0.717) is 29.1 Å². The normalized spacial score (nSPS) is 20.1. The first-order valence-corrected chi connectivity index (χ1v) is 11.0.